The number of fused-ring (bicyclic) bond motifs is 3. The van der Waals surface area contributed by atoms with E-state index in [4.69, 9.17) is 14.5 Å². The number of ether oxygens (including phenoxy) is 2. The molecule has 0 fully saturated rings. The third-order valence-electron chi connectivity index (χ3n) is 7.96. The highest BCUT2D eigenvalue weighted by atomic mass is 127. The summed E-state index contributed by atoms with van der Waals surface area (Å²) in [6, 6.07) is 26.7. The van der Waals surface area contributed by atoms with Gasteiger partial charge in [0.1, 0.15) is 23.9 Å². The topological polar surface area (TPSA) is 52.8 Å². The van der Waals surface area contributed by atoms with Crippen LogP contribution in [0, 0.1) is 13.0 Å². The first kappa shape index (κ1) is 29.4. The molecule has 4 aromatic carbocycles. The van der Waals surface area contributed by atoms with Crippen molar-refractivity contribution in [3.8, 4) is 11.5 Å². The maximum Gasteiger partial charge on any atom is 0.271 e. The van der Waals surface area contributed by atoms with Gasteiger partial charge in [-0.3, -0.25) is 9.36 Å². The predicted octanol–water partition coefficient (Wildman–Crippen LogP) is 7.25. The molecule has 5 aromatic rings. The minimum absolute atomic E-state index is 0.0783. The number of rotatable bonds is 6. The van der Waals surface area contributed by atoms with Crippen molar-refractivity contribution in [3.63, 3.8) is 0 Å². The summed E-state index contributed by atoms with van der Waals surface area (Å²) in [5, 5.41) is 0. The van der Waals surface area contributed by atoms with Crippen molar-refractivity contribution in [2.75, 3.05) is 7.11 Å². The Labute approximate surface area is 284 Å². The number of aromatic nitrogens is 1. The number of hydrogen-bond donors (Lipinski definition) is 0. The summed E-state index contributed by atoms with van der Waals surface area (Å²) in [6.07, 6.45) is 3.59. The van der Waals surface area contributed by atoms with Gasteiger partial charge in [0, 0.05) is 20.3 Å². The van der Waals surface area contributed by atoms with Crippen LogP contribution < -0.4 is 24.4 Å². The van der Waals surface area contributed by atoms with Gasteiger partial charge in [-0.05, 0) is 111 Å². The van der Waals surface area contributed by atoms with Gasteiger partial charge in [0.25, 0.3) is 5.56 Å². The van der Waals surface area contributed by atoms with E-state index < -0.39 is 0 Å². The van der Waals surface area contributed by atoms with Gasteiger partial charge in [0.05, 0.1) is 27.0 Å². The van der Waals surface area contributed by atoms with Crippen LogP contribution in [0.25, 0.3) is 11.8 Å². The Morgan fingerprint density at radius 2 is 1.80 bits per heavy atom. The number of aryl methyl sites for hydroxylation is 1. The van der Waals surface area contributed by atoms with E-state index in [1.807, 2.05) is 53.1 Å². The van der Waals surface area contributed by atoms with Crippen LogP contribution in [0.5, 0.6) is 11.5 Å². The molecule has 0 unspecified atom stereocenters. The smallest absolute Gasteiger partial charge is 0.271 e. The van der Waals surface area contributed by atoms with Gasteiger partial charge in [-0.2, -0.15) is 0 Å². The summed E-state index contributed by atoms with van der Waals surface area (Å²) < 4.78 is 30.3. The monoisotopic (exact) mass is 826 g/mol. The highest BCUT2D eigenvalue weighted by molar-refractivity contribution is 14.1. The molecule has 1 aliphatic heterocycles. The lowest BCUT2D eigenvalue weighted by molar-refractivity contribution is 0.297. The molecule has 7 rings (SSSR count). The van der Waals surface area contributed by atoms with Crippen LogP contribution in [0.2, 0.25) is 0 Å². The molecule has 9 heteroatoms. The second-order valence-electron chi connectivity index (χ2n) is 10.6. The number of nitrogens with zero attached hydrogens (tertiary/aromatic N) is 2. The van der Waals surface area contributed by atoms with Crippen LogP contribution >= 0.6 is 56.5 Å². The van der Waals surface area contributed by atoms with E-state index in [1.165, 1.54) is 23.0 Å². The summed E-state index contributed by atoms with van der Waals surface area (Å²) >= 11 is 5.88. The molecular formula is C35H25FI2N2O3S. The van der Waals surface area contributed by atoms with Crippen molar-refractivity contribution >= 4 is 68.3 Å². The van der Waals surface area contributed by atoms with Gasteiger partial charge in [0.2, 0.25) is 0 Å². The number of hydrogen-bond acceptors (Lipinski definition) is 5. The van der Waals surface area contributed by atoms with Crippen LogP contribution in [0.1, 0.15) is 40.3 Å². The standard InChI is InChI=1S/C35H25FI2N2O3S/c1-42-25-13-10-21(11-14-25)32-27-15-12-20-6-2-4-8-26(20)31(27)39-35-40(32)34(41)30(44-35)17-23-16-24(37)18-29(38)33(23)43-19-22-7-3-5-9-28(22)36/h2-11,13-14,16-18,32H,12,15,19H2,1H3/b30-17+/t32-/m0/s1. The summed E-state index contributed by atoms with van der Waals surface area (Å²) in [6.45, 7) is 0.0783. The Morgan fingerprint density at radius 3 is 2.59 bits per heavy atom. The zero-order chi connectivity index (χ0) is 30.4. The number of allylic oxidation sites excluding steroid dienone is 1. The molecule has 5 nitrogen and oxygen atoms in total. The molecule has 0 N–H and O–H groups in total. The number of methoxy groups -OCH3 is 1. The molecule has 0 radical (unpaired) electrons. The van der Waals surface area contributed by atoms with Gasteiger partial charge in [-0.1, -0.05) is 65.9 Å². The van der Waals surface area contributed by atoms with Crippen molar-refractivity contribution in [1.29, 1.82) is 0 Å². The van der Waals surface area contributed by atoms with Crippen molar-refractivity contribution < 1.29 is 13.9 Å². The maximum atomic E-state index is 14.4. The highest BCUT2D eigenvalue weighted by Crippen LogP contribution is 2.41. The second kappa shape index (κ2) is 12.2. The normalized spacial score (nSPS) is 15.7. The molecule has 0 amide bonds. The minimum atomic E-state index is -0.313. The average molecular weight is 826 g/mol. The number of benzene rings is 4. The van der Waals surface area contributed by atoms with Crippen molar-refractivity contribution in [1.82, 2.24) is 4.57 Å². The van der Waals surface area contributed by atoms with E-state index in [0.717, 1.165) is 53.7 Å². The molecule has 0 saturated carbocycles. The zero-order valence-corrected chi connectivity index (χ0v) is 28.7. The van der Waals surface area contributed by atoms with Crippen LogP contribution in [0.15, 0.2) is 100 Å². The van der Waals surface area contributed by atoms with E-state index in [1.54, 1.807) is 25.3 Å². The third-order valence-corrected chi connectivity index (χ3v) is 10.4. The Hall–Kier alpha value is -3.29. The molecule has 0 spiro atoms. The summed E-state index contributed by atoms with van der Waals surface area (Å²) in [4.78, 5) is 20.1. The molecule has 44 heavy (non-hydrogen) atoms. The molecule has 2 aliphatic rings. The molecule has 220 valence electrons. The van der Waals surface area contributed by atoms with Gasteiger partial charge in [-0.25, -0.2) is 9.38 Å². The van der Waals surface area contributed by atoms with E-state index in [9.17, 15) is 9.18 Å². The maximum absolute atomic E-state index is 14.4. The van der Waals surface area contributed by atoms with Crippen molar-refractivity contribution in [3.05, 3.63) is 151 Å². The van der Waals surface area contributed by atoms with E-state index in [2.05, 4.69) is 63.4 Å². The predicted molar refractivity (Wildman–Crippen MR) is 188 cm³/mol. The second-order valence-corrected chi connectivity index (χ2v) is 14.0. The Kier molecular flexibility index (Phi) is 8.19. The number of halogens is 3. The highest BCUT2D eigenvalue weighted by Gasteiger charge is 2.32. The van der Waals surface area contributed by atoms with Crippen molar-refractivity contribution in [2.24, 2.45) is 4.99 Å². The molecule has 1 aliphatic carbocycles. The van der Waals surface area contributed by atoms with Crippen LogP contribution in [-0.2, 0) is 13.0 Å². The first-order valence-corrected chi connectivity index (χ1v) is 17.0. The van der Waals surface area contributed by atoms with Crippen LogP contribution in [0.3, 0.4) is 0 Å². The van der Waals surface area contributed by atoms with Crippen molar-refractivity contribution in [2.45, 2.75) is 25.5 Å². The zero-order valence-electron chi connectivity index (χ0n) is 23.5. The SMILES string of the molecule is COc1ccc([C@H]2C3=C(N=c4s/c(=C/c5cc(I)cc(I)c5OCc5ccccc5F)c(=O)n42)c2ccccc2CC3)cc1. The molecule has 0 saturated heterocycles. The fourth-order valence-corrected chi connectivity index (χ4v) is 8.89. The largest absolute Gasteiger partial charge is 0.497 e. The fourth-order valence-electron chi connectivity index (χ4n) is 5.85. The van der Waals surface area contributed by atoms with Gasteiger partial charge < -0.3 is 9.47 Å². The van der Waals surface area contributed by atoms with Gasteiger partial charge >= 0.3 is 0 Å². The summed E-state index contributed by atoms with van der Waals surface area (Å²) in [7, 11) is 1.65. The Bertz CT molecular complexity index is 2140. The lowest BCUT2D eigenvalue weighted by Crippen LogP contribution is -2.38. The lowest BCUT2D eigenvalue weighted by Gasteiger charge is -2.30. The summed E-state index contributed by atoms with van der Waals surface area (Å²) in [5.41, 5.74) is 6.64. The molecule has 1 aromatic heterocycles. The molecule has 0 bridgehead atoms. The first-order chi connectivity index (χ1) is 21.4. The lowest BCUT2D eigenvalue weighted by atomic mass is 9.83. The molecule has 1 atom stereocenters. The third kappa shape index (κ3) is 5.43. The quantitative estimate of drug-likeness (QED) is 0.170. The van der Waals surface area contributed by atoms with Crippen LogP contribution in [-0.4, -0.2) is 11.7 Å². The van der Waals surface area contributed by atoms with Gasteiger partial charge in [-0.15, -0.1) is 0 Å². The Balaban J connectivity index is 1.39. The van der Waals surface area contributed by atoms with E-state index >= 15 is 0 Å². The van der Waals surface area contributed by atoms with Gasteiger partial charge in [0.15, 0.2) is 4.80 Å². The first-order valence-electron chi connectivity index (χ1n) is 14.0. The molecular weight excluding hydrogens is 801 g/mol. The average Bonchev–Trinajstić information content (AvgIpc) is 3.34. The van der Waals surface area contributed by atoms with E-state index in [0.29, 0.717) is 20.6 Å². The fraction of sp³-hybridized carbons (Fsp3) is 0.143. The van der Waals surface area contributed by atoms with E-state index in [-0.39, 0.29) is 24.0 Å². The van der Waals surface area contributed by atoms with Crippen LogP contribution in [0.4, 0.5) is 4.39 Å². The molecule has 2 heterocycles. The Morgan fingerprint density at radius 1 is 1.02 bits per heavy atom. The number of thiazole rings is 1. The summed E-state index contributed by atoms with van der Waals surface area (Å²) in [5.74, 6) is 1.06. The minimum Gasteiger partial charge on any atom is -0.497 e.